The standard InChI is InChI=1S/C11H24N4O/c1-14(2)8-6-13-11(16)3-7-15-9-4-12-5-10-15/h12H,3-10H2,1-2H3,(H,13,16). The molecule has 0 atom stereocenters. The molecule has 1 heterocycles. The summed E-state index contributed by atoms with van der Waals surface area (Å²) in [5, 5.41) is 6.23. The minimum absolute atomic E-state index is 0.167. The van der Waals surface area contributed by atoms with Gasteiger partial charge in [0.2, 0.25) is 5.91 Å². The molecule has 1 fully saturated rings. The lowest BCUT2D eigenvalue weighted by Crippen LogP contribution is -2.44. The normalized spacial score (nSPS) is 17.7. The molecule has 0 saturated carbocycles. The fraction of sp³-hybridized carbons (Fsp3) is 0.909. The molecule has 5 nitrogen and oxygen atoms in total. The number of hydrogen-bond acceptors (Lipinski definition) is 4. The summed E-state index contributed by atoms with van der Waals surface area (Å²) in [4.78, 5) is 15.9. The van der Waals surface area contributed by atoms with Crippen LogP contribution in [0.2, 0.25) is 0 Å². The molecule has 1 aliphatic heterocycles. The van der Waals surface area contributed by atoms with Crippen LogP contribution in [-0.4, -0.2) is 75.6 Å². The van der Waals surface area contributed by atoms with Gasteiger partial charge < -0.3 is 20.4 Å². The summed E-state index contributed by atoms with van der Waals surface area (Å²) in [6, 6.07) is 0. The van der Waals surface area contributed by atoms with Crippen LogP contribution in [0, 0.1) is 0 Å². The minimum atomic E-state index is 0.167. The SMILES string of the molecule is CN(C)CCNC(=O)CCN1CCNCC1. The van der Waals surface area contributed by atoms with Crippen LogP contribution in [0.5, 0.6) is 0 Å². The van der Waals surface area contributed by atoms with Crippen LogP contribution >= 0.6 is 0 Å². The molecule has 1 rings (SSSR count). The maximum Gasteiger partial charge on any atom is 0.221 e. The number of piperazine rings is 1. The van der Waals surface area contributed by atoms with Crippen LogP contribution in [0.25, 0.3) is 0 Å². The van der Waals surface area contributed by atoms with Crippen LogP contribution in [-0.2, 0) is 4.79 Å². The molecular formula is C11H24N4O. The van der Waals surface area contributed by atoms with E-state index in [2.05, 4.69) is 20.4 Å². The molecule has 1 aliphatic rings. The van der Waals surface area contributed by atoms with Crippen LogP contribution < -0.4 is 10.6 Å². The molecule has 0 spiro atoms. The molecule has 0 unspecified atom stereocenters. The number of nitrogens with zero attached hydrogens (tertiary/aromatic N) is 2. The van der Waals surface area contributed by atoms with E-state index in [9.17, 15) is 4.79 Å². The highest BCUT2D eigenvalue weighted by molar-refractivity contribution is 5.76. The lowest BCUT2D eigenvalue weighted by molar-refractivity contribution is -0.121. The van der Waals surface area contributed by atoms with E-state index >= 15 is 0 Å². The third kappa shape index (κ3) is 6.05. The molecule has 1 saturated heterocycles. The van der Waals surface area contributed by atoms with Gasteiger partial charge in [0, 0.05) is 52.2 Å². The van der Waals surface area contributed by atoms with E-state index in [4.69, 9.17) is 0 Å². The van der Waals surface area contributed by atoms with Gasteiger partial charge in [-0.05, 0) is 14.1 Å². The van der Waals surface area contributed by atoms with Gasteiger partial charge in [0.15, 0.2) is 0 Å². The van der Waals surface area contributed by atoms with Gasteiger partial charge >= 0.3 is 0 Å². The average molecular weight is 228 g/mol. The van der Waals surface area contributed by atoms with Crippen molar-refractivity contribution in [2.45, 2.75) is 6.42 Å². The minimum Gasteiger partial charge on any atom is -0.355 e. The van der Waals surface area contributed by atoms with Crippen molar-refractivity contribution < 1.29 is 4.79 Å². The Morgan fingerprint density at radius 3 is 2.69 bits per heavy atom. The quantitative estimate of drug-likeness (QED) is 0.610. The van der Waals surface area contributed by atoms with Crippen LogP contribution in [0.3, 0.4) is 0 Å². The lowest BCUT2D eigenvalue weighted by Gasteiger charge is -2.26. The van der Waals surface area contributed by atoms with Gasteiger partial charge in [-0.25, -0.2) is 0 Å². The zero-order chi connectivity index (χ0) is 11.8. The summed E-state index contributed by atoms with van der Waals surface area (Å²) in [6.45, 7) is 6.74. The number of amides is 1. The van der Waals surface area contributed by atoms with E-state index in [-0.39, 0.29) is 5.91 Å². The average Bonchev–Trinajstić information content (AvgIpc) is 2.27. The van der Waals surface area contributed by atoms with Crippen LogP contribution in [0.4, 0.5) is 0 Å². The fourth-order valence-corrected chi connectivity index (χ4v) is 1.70. The Kier molecular flexibility index (Phi) is 6.37. The zero-order valence-electron chi connectivity index (χ0n) is 10.5. The molecule has 1 amide bonds. The first kappa shape index (κ1) is 13.4. The second kappa shape index (κ2) is 7.60. The van der Waals surface area contributed by atoms with Gasteiger partial charge in [-0.2, -0.15) is 0 Å². The van der Waals surface area contributed by atoms with Gasteiger partial charge in [-0.15, -0.1) is 0 Å². The van der Waals surface area contributed by atoms with Crippen molar-refractivity contribution in [3.63, 3.8) is 0 Å². The highest BCUT2D eigenvalue weighted by atomic mass is 16.1. The molecule has 16 heavy (non-hydrogen) atoms. The van der Waals surface area contributed by atoms with E-state index in [1.165, 1.54) is 0 Å². The Morgan fingerprint density at radius 2 is 2.06 bits per heavy atom. The Bertz CT molecular complexity index is 202. The molecule has 5 heteroatoms. The summed E-state index contributed by atoms with van der Waals surface area (Å²) in [7, 11) is 4.01. The predicted octanol–water partition coefficient (Wildman–Crippen LogP) is -1.04. The fourth-order valence-electron chi connectivity index (χ4n) is 1.70. The number of nitrogens with one attached hydrogen (secondary N) is 2. The van der Waals surface area contributed by atoms with Crippen LogP contribution in [0.15, 0.2) is 0 Å². The van der Waals surface area contributed by atoms with E-state index < -0.39 is 0 Å². The monoisotopic (exact) mass is 228 g/mol. The van der Waals surface area contributed by atoms with Gasteiger partial charge in [-0.3, -0.25) is 4.79 Å². The number of likely N-dealkylation sites (N-methyl/N-ethyl adjacent to an activating group) is 1. The smallest absolute Gasteiger partial charge is 0.221 e. The van der Waals surface area contributed by atoms with Crippen molar-refractivity contribution in [1.82, 2.24) is 20.4 Å². The number of hydrogen-bond donors (Lipinski definition) is 2. The number of carbonyl (C=O) groups is 1. The Labute approximate surface area is 98.2 Å². The zero-order valence-corrected chi connectivity index (χ0v) is 10.5. The van der Waals surface area contributed by atoms with E-state index in [1.807, 2.05) is 14.1 Å². The van der Waals surface area contributed by atoms with Crippen molar-refractivity contribution in [3.05, 3.63) is 0 Å². The highest BCUT2D eigenvalue weighted by Crippen LogP contribution is 1.94. The van der Waals surface area contributed by atoms with E-state index in [0.717, 1.165) is 45.8 Å². The first-order chi connectivity index (χ1) is 7.68. The highest BCUT2D eigenvalue weighted by Gasteiger charge is 2.10. The van der Waals surface area contributed by atoms with Crippen molar-refractivity contribution >= 4 is 5.91 Å². The first-order valence-electron chi connectivity index (χ1n) is 6.03. The maximum absolute atomic E-state index is 11.5. The topological polar surface area (TPSA) is 47.6 Å². The third-order valence-electron chi connectivity index (χ3n) is 2.75. The summed E-state index contributed by atoms with van der Waals surface area (Å²) in [6.07, 6.45) is 0.618. The summed E-state index contributed by atoms with van der Waals surface area (Å²) in [5.41, 5.74) is 0. The predicted molar refractivity (Wildman–Crippen MR) is 65.5 cm³/mol. The number of rotatable bonds is 6. The molecule has 0 aliphatic carbocycles. The van der Waals surface area contributed by atoms with Crippen molar-refractivity contribution in [1.29, 1.82) is 0 Å². The van der Waals surface area contributed by atoms with E-state index in [1.54, 1.807) is 0 Å². The van der Waals surface area contributed by atoms with Crippen LogP contribution in [0.1, 0.15) is 6.42 Å². The molecule has 2 N–H and O–H groups in total. The van der Waals surface area contributed by atoms with Gasteiger partial charge in [0.25, 0.3) is 0 Å². The summed E-state index contributed by atoms with van der Waals surface area (Å²) >= 11 is 0. The van der Waals surface area contributed by atoms with Crippen molar-refractivity contribution in [3.8, 4) is 0 Å². The lowest BCUT2D eigenvalue weighted by atomic mass is 10.3. The Balaban J connectivity index is 2.00. The van der Waals surface area contributed by atoms with Gasteiger partial charge in [-0.1, -0.05) is 0 Å². The first-order valence-corrected chi connectivity index (χ1v) is 6.03. The summed E-state index contributed by atoms with van der Waals surface area (Å²) < 4.78 is 0. The second-order valence-electron chi connectivity index (χ2n) is 4.49. The molecule has 0 bridgehead atoms. The third-order valence-corrected chi connectivity index (χ3v) is 2.75. The summed E-state index contributed by atoms with van der Waals surface area (Å²) in [5.74, 6) is 0.167. The van der Waals surface area contributed by atoms with Crippen molar-refractivity contribution in [2.24, 2.45) is 0 Å². The molecule has 0 aromatic carbocycles. The Hall–Kier alpha value is -0.650. The number of carbonyl (C=O) groups excluding carboxylic acids is 1. The largest absolute Gasteiger partial charge is 0.355 e. The Morgan fingerprint density at radius 1 is 1.38 bits per heavy atom. The molecule has 94 valence electrons. The van der Waals surface area contributed by atoms with Gasteiger partial charge in [0.1, 0.15) is 0 Å². The van der Waals surface area contributed by atoms with E-state index in [0.29, 0.717) is 6.42 Å². The molecule has 0 aromatic heterocycles. The molecule has 0 aromatic rings. The van der Waals surface area contributed by atoms with Gasteiger partial charge in [0.05, 0.1) is 0 Å². The maximum atomic E-state index is 11.5. The molecule has 0 radical (unpaired) electrons. The second-order valence-corrected chi connectivity index (χ2v) is 4.49. The molecular weight excluding hydrogens is 204 g/mol. The van der Waals surface area contributed by atoms with Crippen molar-refractivity contribution in [2.75, 3.05) is 59.9 Å².